The minimum atomic E-state index is -0.456. The van der Waals surface area contributed by atoms with Crippen molar-refractivity contribution in [3.63, 3.8) is 0 Å². The zero-order valence-corrected chi connectivity index (χ0v) is 18.5. The number of carbonyl (C=O) groups excluding carboxylic acids is 2. The molecule has 0 aliphatic rings. The van der Waals surface area contributed by atoms with Crippen molar-refractivity contribution < 1.29 is 23.8 Å². The predicted octanol–water partition coefficient (Wildman–Crippen LogP) is 3.18. The summed E-state index contributed by atoms with van der Waals surface area (Å²) in [4.78, 5) is 29.5. The van der Waals surface area contributed by atoms with E-state index in [0.29, 0.717) is 21.8 Å². The van der Waals surface area contributed by atoms with Crippen LogP contribution in [0, 0.1) is 13.8 Å². The van der Waals surface area contributed by atoms with Crippen LogP contribution in [0.3, 0.4) is 0 Å². The summed E-state index contributed by atoms with van der Waals surface area (Å²) in [5.41, 5.74) is 3.73. The minimum absolute atomic E-state index is 0.101. The first-order chi connectivity index (χ1) is 14.4. The van der Waals surface area contributed by atoms with E-state index in [1.165, 1.54) is 18.4 Å². The zero-order valence-electron chi connectivity index (χ0n) is 17.6. The lowest BCUT2D eigenvalue weighted by Gasteiger charge is -2.09. The normalized spacial score (nSPS) is 11.6. The molecule has 1 amide bonds. The Labute approximate surface area is 178 Å². The van der Waals surface area contributed by atoms with E-state index in [1.807, 2.05) is 32.0 Å². The molecule has 0 atom stereocenters. The lowest BCUT2D eigenvalue weighted by molar-refractivity contribution is -0.141. The highest BCUT2D eigenvalue weighted by molar-refractivity contribution is 7.16. The number of benzene rings is 2. The van der Waals surface area contributed by atoms with Gasteiger partial charge in [-0.25, -0.2) is 0 Å². The first kappa shape index (κ1) is 21.6. The first-order valence-corrected chi connectivity index (χ1v) is 10.1. The Morgan fingerprint density at radius 1 is 1.03 bits per heavy atom. The standard InChI is InChI=1S/C22H24N2O5S/c1-13-6-7-15(14(2)10-13)11-18(25)23-22-24(12-19(26)29-5)20-16(27-3)8-9-17(28-4)21(20)30-22/h6-10H,11-12H2,1-5H3. The predicted molar refractivity (Wildman–Crippen MR) is 115 cm³/mol. The second kappa shape index (κ2) is 9.13. The topological polar surface area (TPSA) is 79.1 Å². The average Bonchev–Trinajstić information content (AvgIpc) is 3.07. The number of nitrogens with zero attached hydrogens (tertiary/aromatic N) is 2. The lowest BCUT2D eigenvalue weighted by atomic mass is 10.0. The number of esters is 1. The second-order valence-electron chi connectivity index (χ2n) is 6.81. The van der Waals surface area contributed by atoms with E-state index >= 15 is 0 Å². The Morgan fingerprint density at radius 3 is 2.37 bits per heavy atom. The number of hydrogen-bond acceptors (Lipinski definition) is 6. The molecule has 3 rings (SSSR count). The SMILES string of the molecule is COC(=O)Cn1c(=NC(=O)Cc2ccc(C)cc2C)sc2c(OC)ccc(OC)c21. The van der Waals surface area contributed by atoms with E-state index in [4.69, 9.17) is 14.2 Å². The summed E-state index contributed by atoms with van der Waals surface area (Å²) in [6.45, 7) is 3.88. The van der Waals surface area contributed by atoms with Crippen molar-refractivity contribution in [3.05, 3.63) is 51.8 Å². The smallest absolute Gasteiger partial charge is 0.325 e. The second-order valence-corrected chi connectivity index (χ2v) is 7.78. The van der Waals surface area contributed by atoms with Crippen molar-refractivity contribution in [1.82, 2.24) is 4.57 Å². The van der Waals surface area contributed by atoms with Crippen LogP contribution in [0.2, 0.25) is 0 Å². The van der Waals surface area contributed by atoms with Gasteiger partial charge >= 0.3 is 5.97 Å². The number of carbonyl (C=O) groups is 2. The molecular weight excluding hydrogens is 404 g/mol. The molecule has 1 heterocycles. The number of methoxy groups -OCH3 is 3. The van der Waals surface area contributed by atoms with E-state index in [2.05, 4.69) is 4.99 Å². The van der Waals surface area contributed by atoms with E-state index in [9.17, 15) is 9.59 Å². The Morgan fingerprint density at radius 2 is 1.73 bits per heavy atom. The maximum Gasteiger partial charge on any atom is 0.325 e. The summed E-state index contributed by atoms with van der Waals surface area (Å²) >= 11 is 1.27. The van der Waals surface area contributed by atoms with Crippen molar-refractivity contribution in [2.75, 3.05) is 21.3 Å². The van der Waals surface area contributed by atoms with Crippen LogP contribution in [0.5, 0.6) is 11.5 Å². The van der Waals surface area contributed by atoms with Crippen molar-refractivity contribution in [2.45, 2.75) is 26.8 Å². The quantitative estimate of drug-likeness (QED) is 0.564. The summed E-state index contributed by atoms with van der Waals surface area (Å²) in [5, 5.41) is 0. The number of amides is 1. The zero-order chi connectivity index (χ0) is 21.8. The minimum Gasteiger partial charge on any atom is -0.495 e. The number of aromatic nitrogens is 1. The number of ether oxygens (including phenoxy) is 3. The van der Waals surface area contributed by atoms with Crippen molar-refractivity contribution in [1.29, 1.82) is 0 Å². The van der Waals surface area contributed by atoms with Crippen molar-refractivity contribution in [2.24, 2.45) is 4.99 Å². The van der Waals surface area contributed by atoms with Gasteiger partial charge in [0, 0.05) is 0 Å². The molecule has 0 spiro atoms. The van der Waals surface area contributed by atoms with Crippen LogP contribution in [0.15, 0.2) is 35.3 Å². The van der Waals surface area contributed by atoms with Crippen molar-refractivity contribution >= 4 is 33.4 Å². The molecule has 0 radical (unpaired) electrons. The average molecular weight is 429 g/mol. The van der Waals surface area contributed by atoms with Gasteiger partial charge in [0.2, 0.25) is 0 Å². The molecule has 0 aliphatic heterocycles. The van der Waals surface area contributed by atoms with E-state index in [-0.39, 0.29) is 18.9 Å². The molecule has 0 N–H and O–H groups in total. The molecule has 7 nitrogen and oxygen atoms in total. The number of thiazole rings is 1. The molecule has 0 saturated heterocycles. The number of fused-ring (bicyclic) bond motifs is 1. The van der Waals surface area contributed by atoms with Crippen LogP contribution in [-0.2, 0) is 27.3 Å². The maximum absolute atomic E-state index is 12.8. The van der Waals surface area contributed by atoms with Crippen molar-refractivity contribution in [3.8, 4) is 11.5 Å². The molecule has 3 aromatic rings. The molecule has 0 fully saturated rings. The van der Waals surface area contributed by atoms with E-state index in [0.717, 1.165) is 21.4 Å². The monoisotopic (exact) mass is 428 g/mol. The molecule has 2 aromatic carbocycles. The molecular formula is C22H24N2O5S. The Kier molecular flexibility index (Phi) is 6.56. The molecule has 0 saturated carbocycles. The third-order valence-corrected chi connectivity index (χ3v) is 5.86. The number of aryl methyl sites for hydroxylation is 2. The molecule has 30 heavy (non-hydrogen) atoms. The van der Waals surface area contributed by atoms with E-state index < -0.39 is 5.97 Å². The number of rotatable bonds is 6. The van der Waals surface area contributed by atoms with Crippen LogP contribution in [0.4, 0.5) is 0 Å². The summed E-state index contributed by atoms with van der Waals surface area (Å²) in [6.07, 6.45) is 0.173. The molecule has 0 unspecified atom stereocenters. The maximum atomic E-state index is 12.8. The highest BCUT2D eigenvalue weighted by atomic mass is 32.1. The van der Waals surface area contributed by atoms with Gasteiger partial charge in [-0.15, -0.1) is 0 Å². The fourth-order valence-electron chi connectivity index (χ4n) is 3.23. The van der Waals surface area contributed by atoms with Gasteiger partial charge in [-0.05, 0) is 37.1 Å². The number of hydrogen-bond donors (Lipinski definition) is 0. The summed E-state index contributed by atoms with van der Waals surface area (Å²) in [5.74, 6) is 0.403. The van der Waals surface area contributed by atoms with Gasteiger partial charge in [-0.2, -0.15) is 4.99 Å². The molecule has 0 bridgehead atoms. The van der Waals surface area contributed by atoms with Crippen LogP contribution < -0.4 is 14.3 Å². The molecule has 1 aromatic heterocycles. The highest BCUT2D eigenvalue weighted by Gasteiger charge is 2.19. The Bertz CT molecular complexity index is 1180. The van der Waals surface area contributed by atoms with Gasteiger partial charge in [0.25, 0.3) is 5.91 Å². The van der Waals surface area contributed by atoms with Crippen LogP contribution in [0.25, 0.3) is 10.2 Å². The first-order valence-electron chi connectivity index (χ1n) is 9.32. The Hall–Kier alpha value is -3.13. The van der Waals surface area contributed by atoms with Gasteiger partial charge < -0.3 is 18.8 Å². The van der Waals surface area contributed by atoms with Crippen LogP contribution in [0.1, 0.15) is 16.7 Å². The highest BCUT2D eigenvalue weighted by Crippen LogP contribution is 2.35. The van der Waals surface area contributed by atoms with E-state index in [1.54, 1.807) is 30.9 Å². The molecule has 158 valence electrons. The lowest BCUT2D eigenvalue weighted by Crippen LogP contribution is -2.23. The fraction of sp³-hybridized carbons (Fsp3) is 0.318. The molecule has 0 aliphatic carbocycles. The third-order valence-electron chi connectivity index (χ3n) is 4.77. The van der Waals surface area contributed by atoms with Gasteiger partial charge in [-0.3, -0.25) is 9.59 Å². The van der Waals surface area contributed by atoms with Gasteiger partial charge in [-0.1, -0.05) is 35.1 Å². The van der Waals surface area contributed by atoms with Gasteiger partial charge in [0.15, 0.2) is 4.80 Å². The van der Waals surface area contributed by atoms with Gasteiger partial charge in [0.05, 0.1) is 27.8 Å². The molecule has 8 heteroatoms. The Balaban J connectivity index is 2.14. The largest absolute Gasteiger partial charge is 0.495 e. The van der Waals surface area contributed by atoms with Crippen LogP contribution in [-0.4, -0.2) is 37.8 Å². The summed E-state index contributed by atoms with van der Waals surface area (Å²) in [6, 6.07) is 9.49. The summed E-state index contributed by atoms with van der Waals surface area (Å²) in [7, 11) is 4.43. The fourth-order valence-corrected chi connectivity index (χ4v) is 4.39. The van der Waals surface area contributed by atoms with Crippen LogP contribution >= 0.6 is 11.3 Å². The summed E-state index contributed by atoms with van der Waals surface area (Å²) < 4.78 is 18.1. The third kappa shape index (κ3) is 4.38. The van der Waals surface area contributed by atoms with Gasteiger partial charge in [0.1, 0.15) is 28.3 Å².